The van der Waals surface area contributed by atoms with Crippen molar-refractivity contribution in [1.29, 1.82) is 0 Å². The molecule has 1 aliphatic heterocycles. The minimum Gasteiger partial charge on any atom is -0.381 e. The molecular weight excluding hydrogens is 202 g/mol. The molecule has 0 bridgehead atoms. The van der Waals surface area contributed by atoms with Crippen LogP contribution in [0.3, 0.4) is 0 Å². The zero-order valence-corrected chi connectivity index (χ0v) is 10.1. The standard InChI is InChI=1S/C13H19NS/c1-2-11-5-3-6-12(9-11)14-13-7-4-8-15-10-13/h3,5-6,9,13-14H,2,4,7-8,10H2,1H3/t13-/m1/s1. The molecule has 1 aliphatic rings. The van der Waals surface area contributed by atoms with Crippen LogP contribution in [-0.2, 0) is 6.42 Å². The second kappa shape index (κ2) is 5.45. The monoisotopic (exact) mass is 221 g/mol. The van der Waals surface area contributed by atoms with Crippen LogP contribution in [0.15, 0.2) is 24.3 Å². The van der Waals surface area contributed by atoms with Gasteiger partial charge in [0.25, 0.3) is 0 Å². The van der Waals surface area contributed by atoms with Crippen molar-refractivity contribution in [2.24, 2.45) is 0 Å². The van der Waals surface area contributed by atoms with E-state index in [4.69, 9.17) is 0 Å². The number of aryl methyl sites for hydroxylation is 1. The van der Waals surface area contributed by atoms with Crippen molar-refractivity contribution < 1.29 is 0 Å². The molecule has 0 aromatic heterocycles. The van der Waals surface area contributed by atoms with Crippen molar-refractivity contribution in [2.75, 3.05) is 16.8 Å². The molecule has 0 unspecified atom stereocenters. The molecule has 0 spiro atoms. The van der Waals surface area contributed by atoms with Crippen LogP contribution in [0.5, 0.6) is 0 Å². The Balaban J connectivity index is 1.96. The fraction of sp³-hybridized carbons (Fsp3) is 0.538. The summed E-state index contributed by atoms with van der Waals surface area (Å²) in [5.41, 5.74) is 2.71. The van der Waals surface area contributed by atoms with Gasteiger partial charge in [0.2, 0.25) is 0 Å². The van der Waals surface area contributed by atoms with Gasteiger partial charge in [0, 0.05) is 17.5 Å². The Morgan fingerprint density at radius 3 is 3.13 bits per heavy atom. The van der Waals surface area contributed by atoms with Crippen LogP contribution < -0.4 is 5.32 Å². The summed E-state index contributed by atoms with van der Waals surface area (Å²) >= 11 is 2.07. The molecule has 0 amide bonds. The van der Waals surface area contributed by atoms with E-state index in [1.54, 1.807) is 0 Å². The van der Waals surface area contributed by atoms with E-state index in [2.05, 4.69) is 48.3 Å². The van der Waals surface area contributed by atoms with E-state index in [1.807, 2.05) is 0 Å². The lowest BCUT2D eigenvalue weighted by Gasteiger charge is -2.23. The molecule has 1 aromatic carbocycles. The highest BCUT2D eigenvalue weighted by Crippen LogP contribution is 2.21. The van der Waals surface area contributed by atoms with Gasteiger partial charge >= 0.3 is 0 Å². The number of anilines is 1. The van der Waals surface area contributed by atoms with Gasteiger partial charge in [-0.1, -0.05) is 19.1 Å². The van der Waals surface area contributed by atoms with E-state index in [1.165, 1.54) is 35.6 Å². The molecular formula is C13H19NS. The van der Waals surface area contributed by atoms with Crippen molar-refractivity contribution in [1.82, 2.24) is 0 Å². The van der Waals surface area contributed by atoms with Crippen LogP contribution in [0, 0.1) is 0 Å². The Kier molecular flexibility index (Phi) is 3.95. The predicted octanol–water partition coefficient (Wildman–Crippen LogP) is 3.56. The molecule has 1 saturated heterocycles. The number of hydrogen-bond donors (Lipinski definition) is 1. The first-order valence-electron chi connectivity index (χ1n) is 5.81. The van der Waals surface area contributed by atoms with E-state index in [-0.39, 0.29) is 0 Å². The fourth-order valence-corrected chi connectivity index (χ4v) is 3.04. The zero-order valence-electron chi connectivity index (χ0n) is 9.33. The van der Waals surface area contributed by atoms with Gasteiger partial charge in [-0.25, -0.2) is 0 Å². The SMILES string of the molecule is CCc1cccc(N[C@@H]2CCCSC2)c1. The molecule has 1 fully saturated rings. The Morgan fingerprint density at radius 2 is 2.40 bits per heavy atom. The normalized spacial score (nSPS) is 21.3. The quantitative estimate of drug-likeness (QED) is 0.837. The molecule has 15 heavy (non-hydrogen) atoms. The number of nitrogens with one attached hydrogen (secondary N) is 1. The molecule has 1 nitrogen and oxygen atoms in total. The molecule has 0 saturated carbocycles. The number of hydrogen-bond acceptors (Lipinski definition) is 2. The van der Waals surface area contributed by atoms with E-state index in [0.717, 1.165) is 6.42 Å². The molecule has 2 heteroatoms. The predicted molar refractivity (Wildman–Crippen MR) is 69.8 cm³/mol. The van der Waals surface area contributed by atoms with Crippen molar-refractivity contribution >= 4 is 17.4 Å². The first-order valence-corrected chi connectivity index (χ1v) is 6.97. The Hall–Kier alpha value is -0.630. The minimum absolute atomic E-state index is 0.677. The molecule has 1 aromatic rings. The lowest BCUT2D eigenvalue weighted by atomic mass is 10.1. The maximum Gasteiger partial charge on any atom is 0.0352 e. The highest BCUT2D eigenvalue weighted by molar-refractivity contribution is 7.99. The fourth-order valence-electron chi connectivity index (χ4n) is 1.97. The van der Waals surface area contributed by atoms with Gasteiger partial charge < -0.3 is 5.32 Å². The Morgan fingerprint density at radius 1 is 1.47 bits per heavy atom. The highest BCUT2D eigenvalue weighted by Gasteiger charge is 2.12. The second-order valence-electron chi connectivity index (χ2n) is 4.11. The van der Waals surface area contributed by atoms with Crippen LogP contribution in [0.4, 0.5) is 5.69 Å². The summed E-state index contributed by atoms with van der Waals surface area (Å²) in [5.74, 6) is 2.60. The van der Waals surface area contributed by atoms with Gasteiger partial charge in [-0.2, -0.15) is 11.8 Å². The lowest BCUT2D eigenvalue weighted by Crippen LogP contribution is -2.25. The minimum atomic E-state index is 0.677. The topological polar surface area (TPSA) is 12.0 Å². The number of rotatable bonds is 3. The summed E-state index contributed by atoms with van der Waals surface area (Å²) in [6, 6.07) is 9.48. The third kappa shape index (κ3) is 3.16. The largest absolute Gasteiger partial charge is 0.381 e. The average molecular weight is 221 g/mol. The van der Waals surface area contributed by atoms with Gasteiger partial charge in [-0.05, 0) is 42.7 Å². The molecule has 2 rings (SSSR count). The van der Waals surface area contributed by atoms with E-state index in [9.17, 15) is 0 Å². The van der Waals surface area contributed by atoms with Crippen LogP contribution in [0.25, 0.3) is 0 Å². The van der Waals surface area contributed by atoms with E-state index in [0.29, 0.717) is 6.04 Å². The second-order valence-corrected chi connectivity index (χ2v) is 5.26. The molecule has 0 aliphatic carbocycles. The summed E-state index contributed by atoms with van der Waals surface area (Å²) in [4.78, 5) is 0. The van der Waals surface area contributed by atoms with Crippen LogP contribution in [0.2, 0.25) is 0 Å². The maximum atomic E-state index is 3.63. The van der Waals surface area contributed by atoms with Crippen LogP contribution >= 0.6 is 11.8 Å². The van der Waals surface area contributed by atoms with Crippen molar-refractivity contribution in [3.63, 3.8) is 0 Å². The molecule has 82 valence electrons. The summed E-state index contributed by atoms with van der Waals surface area (Å²) in [6.45, 7) is 2.20. The Bertz CT molecular complexity index is 305. The molecule has 1 N–H and O–H groups in total. The summed E-state index contributed by atoms with van der Waals surface area (Å²) in [6.07, 6.45) is 3.80. The third-order valence-corrected chi connectivity index (χ3v) is 4.08. The van der Waals surface area contributed by atoms with E-state index >= 15 is 0 Å². The lowest BCUT2D eigenvalue weighted by molar-refractivity contribution is 0.685. The highest BCUT2D eigenvalue weighted by atomic mass is 32.2. The van der Waals surface area contributed by atoms with Gasteiger partial charge in [0.1, 0.15) is 0 Å². The maximum absolute atomic E-state index is 3.63. The molecule has 1 atom stereocenters. The van der Waals surface area contributed by atoms with Gasteiger partial charge in [0.15, 0.2) is 0 Å². The van der Waals surface area contributed by atoms with Crippen LogP contribution in [0.1, 0.15) is 25.3 Å². The van der Waals surface area contributed by atoms with Gasteiger partial charge in [0.05, 0.1) is 0 Å². The van der Waals surface area contributed by atoms with Crippen molar-refractivity contribution in [2.45, 2.75) is 32.2 Å². The Labute approximate surface area is 96.7 Å². The van der Waals surface area contributed by atoms with Crippen molar-refractivity contribution in [3.8, 4) is 0 Å². The zero-order chi connectivity index (χ0) is 10.5. The first-order chi connectivity index (χ1) is 7.38. The third-order valence-electron chi connectivity index (χ3n) is 2.87. The summed E-state index contributed by atoms with van der Waals surface area (Å²) in [5, 5.41) is 3.63. The molecule has 0 radical (unpaired) electrons. The number of thioether (sulfide) groups is 1. The van der Waals surface area contributed by atoms with Gasteiger partial charge in [-0.15, -0.1) is 0 Å². The summed E-state index contributed by atoms with van der Waals surface area (Å²) < 4.78 is 0. The molecule has 1 heterocycles. The van der Waals surface area contributed by atoms with E-state index < -0.39 is 0 Å². The first kappa shape index (κ1) is 10.9. The summed E-state index contributed by atoms with van der Waals surface area (Å²) in [7, 11) is 0. The average Bonchev–Trinajstić information content (AvgIpc) is 2.31. The van der Waals surface area contributed by atoms with Crippen molar-refractivity contribution in [3.05, 3.63) is 29.8 Å². The number of benzene rings is 1. The smallest absolute Gasteiger partial charge is 0.0352 e. The van der Waals surface area contributed by atoms with Gasteiger partial charge in [-0.3, -0.25) is 0 Å². The van der Waals surface area contributed by atoms with Crippen LogP contribution in [-0.4, -0.2) is 17.5 Å².